The Balaban J connectivity index is 3.82. The Bertz CT molecular complexity index is 131. The fourth-order valence-corrected chi connectivity index (χ4v) is 0.883. The molecule has 3 heteroatoms. The minimum atomic E-state index is -1.21. The van der Waals surface area contributed by atoms with Gasteiger partial charge >= 0.3 is 0 Å². The molecule has 3 nitrogen and oxygen atoms in total. The Hall–Kier alpha value is -0.410. The lowest BCUT2D eigenvalue weighted by Crippen LogP contribution is -2.33. The van der Waals surface area contributed by atoms with Crippen molar-refractivity contribution in [1.29, 1.82) is 0 Å². The third-order valence-electron chi connectivity index (χ3n) is 1.49. The van der Waals surface area contributed by atoms with Gasteiger partial charge in [-0.1, -0.05) is 13.8 Å². The molecule has 2 atom stereocenters. The minimum Gasteiger partial charge on any atom is -0.390 e. The zero-order valence-corrected chi connectivity index (χ0v) is 7.24. The molecule has 0 aliphatic carbocycles. The van der Waals surface area contributed by atoms with Crippen LogP contribution in [0.2, 0.25) is 0 Å². The first-order valence-corrected chi connectivity index (χ1v) is 3.81. The molecule has 2 N–H and O–H groups in total. The molecule has 0 rings (SSSR count). The van der Waals surface area contributed by atoms with Crippen molar-refractivity contribution >= 4 is 5.78 Å². The summed E-state index contributed by atoms with van der Waals surface area (Å²) in [5, 5.41) is 18.2. The number of hydrogen-bond donors (Lipinski definition) is 2. The number of ketones is 1. The molecule has 0 aromatic heterocycles. The van der Waals surface area contributed by atoms with E-state index in [1.807, 2.05) is 13.8 Å². The van der Waals surface area contributed by atoms with Gasteiger partial charge in [0.2, 0.25) is 0 Å². The SMILES string of the molecule is CC(=O)[C@H](O)[C@@H](O)CC(C)C. The van der Waals surface area contributed by atoms with Crippen LogP contribution in [0.15, 0.2) is 0 Å². The summed E-state index contributed by atoms with van der Waals surface area (Å²) in [7, 11) is 0. The van der Waals surface area contributed by atoms with Crippen molar-refractivity contribution in [2.75, 3.05) is 0 Å². The second kappa shape index (κ2) is 4.46. The molecule has 0 aromatic carbocycles. The highest BCUT2D eigenvalue weighted by molar-refractivity contribution is 5.80. The largest absolute Gasteiger partial charge is 0.390 e. The van der Waals surface area contributed by atoms with Gasteiger partial charge in [-0.25, -0.2) is 0 Å². The quantitative estimate of drug-likeness (QED) is 0.623. The molecule has 66 valence electrons. The fraction of sp³-hybridized carbons (Fsp3) is 0.875. The van der Waals surface area contributed by atoms with Crippen LogP contribution >= 0.6 is 0 Å². The van der Waals surface area contributed by atoms with E-state index in [1.54, 1.807) is 0 Å². The maximum atomic E-state index is 10.6. The van der Waals surface area contributed by atoms with Gasteiger partial charge in [0.1, 0.15) is 6.10 Å². The Morgan fingerprint density at radius 1 is 1.36 bits per heavy atom. The Kier molecular flexibility index (Phi) is 4.30. The summed E-state index contributed by atoms with van der Waals surface area (Å²) in [5.41, 5.74) is 0. The van der Waals surface area contributed by atoms with Crippen LogP contribution in [0.5, 0.6) is 0 Å². The van der Waals surface area contributed by atoms with Gasteiger partial charge < -0.3 is 10.2 Å². The van der Waals surface area contributed by atoms with Crippen molar-refractivity contribution in [1.82, 2.24) is 0 Å². The standard InChI is InChI=1S/C8H16O3/c1-5(2)4-7(10)8(11)6(3)9/h5,7-8,10-11H,4H2,1-3H3/t7-,8-/m0/s1. The molecule has 0 spiro atoms. The highest BCUT2D eigenvalue weighted by Crippen LogP contribution is 2.08. The highest BCUT2D eigenvalue weighted by atomic mass is 16.3. The summed E-state index contributed by atoms with van der Waals surface area (Å²) in [6.07, 6.45) is -1.66. The van der Waals surface area contributed by atoms with Gasteiger partial charge in [-0.15, -0.1) is 0 Å². The van der Waals surface area contributed by atoms with Gasteiger partial charge in [0.05, 0.1) is 6.10 Å². The third kappa shape index (κ3) is 4.11. The van der Waals surface area contributed by atoms with Crippen molar-refractivity contribution in [2.24, 2.45) is 5.92 Å². The van der Waals surface area contributed by atoms with E-state index in [2.05, 4.69) is 0 Å². The topological polar surface area (TPSA) is 57.5 Å². The molecule has 0 radical (unpaired) electrons. The van der Waals surface area contributed by atoms with Crippen molar-refractivity contribution in [2.45, 2.75) is 39.4 Å². The summed E-state index contributed by atoms with van der Waals surface area (Å²) in [6.45, 7) is 5.13. The summed E-state index contributed by atoms with van der Waals surface area (Å²) in [5.74, 6) is -0.0860. The highest BCUT2D eigenvalue weighted by Gasteiger charge is 2.20. The molecule has 0 aliphatic heterocycles. The van der Waals surface area contributed by atoms with Crippen LogP contribution in [-0.4, -0.2) is 28.2 Å². The van der Waals surface area contributed by atoms with E-state index in [4.69, 9.17) is 5.11 Å². The normalized spacial score (nSPS) is 16.5. The van der Waals surface area contributed by atoms with Gasteiger partial charge in [-0.05, 0) is 19.3 Å². The summed E-state index contributed by atoms with van der Waals surface area (Å²) in [4.78, 5) is 10.6. The van der Waals surface area contributed by atoms with Crippen LogP contribution in [0.1, 0.15) is 27.2 Å². The predicted octanol–water partition coefficient (Wildman–Crippen LogP) is 0.343. The first-order chi connectivity index (χ1) is 4.95. The zero-order chi connectivity index (χ0) is 9.02. The first-order valence-electron chi connectivity index (χ1n) is 3.81. The number of carbonyl (C=O) groups excluding carboxylic acids is 1. The summed E-state index contributed by atoms with van der Waals surface area (Å²) < 4.78 is 0. The maximum absolute atomic E-state index is 10.6. The molecule has 0 fully saturated rings. The van der Waals surface area contributed by atoms with Gasteiger partial charge in [-0.3, -0.25) is 4.79 Å². The second-order valence-electron chi connectivity index (χ2n) is 3.25. The lowest BCUT2D eigenvalue weighted by Gasteiger charge is -2.16. The summed E-state index contributed by atoms with van der Waals surface area (Å²) >= 11 is 0. The second-order valence-corrected chi connectivity index (χ2v) is 3.25. The average molecular weight is 160 g/mol. The summed E-state index contributed by atoms with van der Waals surface area (Å²) in [6, 6.07) is 0. The smallest absolute Gasteiger partial charge is 0.160 e. The van der Waals surface area contributed by atoms with E-state index in [1.165, 1.54) is 6.92 Å². The molecule has 0 aliphatic rings. The van der Waals surface area contributed by atoms with E-state index in [-0.39, 0.29) is 5.78 Å². The fourth-order valence-electron chi connectivity index (χ4n) is 0.883. The Morgan fingerprint density at radius 3 is 2.09 bits per heavy atom. The van der Waals surface area contributed by atoms with E-state index >= 15 is 0 Å². The molecule has 0 aromatic rings. The zero-order valence-electron chi connectivity index (χ0n) is 7.24. The molecule has 0 bridgehead atoms. The predicted molar refractivity (Wildman–Crippen MR) is 42.1 cm³/mol. The molecule has 11 heavy (non-hydrogen) atoms. The average Bonchev–Trinajstić information content (AvgIpc) is 1.84. The monoisotopic (exact) mass is 160 g/mol. The van der Waals surface area contributed by atoms with Crippen molar-refractivity contribution in [3.05, 3.63) is 0 Å². The Labute approximate surface area is 67.0 Å². The number of rotatable bonds is 4. The molecule has 0 saturated heterocycles. The van der Waals surface area contributed by atoms with Crippen LogP contribution in [0.3, 0.4) is 0 Å². The number of hydrogen-bond acceptors (Lipinski definition) is 3. The number of aliphatic hydroxyl groups is 2. The van der Waals surface area contributed by atoms with Gasteiger partial charge in [0, 0.05) is 0 Å². The number of aliphatic hydroxyl groups excluding tert-OH is 2. The van der Waals surface area contributed by atoms with Crippen LogP contribution in [0, 0.1) is 5.92 Å². The van der Waals surface area contributed by atoms with E-state index in [9.17, 15) is 9.90 Å². The lowest BCUT2D eigenvalue weighted by atomic mass is 10.0. The molecule has 0 saturated carbocycles. The molecule has 0 unspecified atom stereocenters. The molecule has 0 heterocycles. The van der Waals surface area contributed by atoms with Crippen LogP contribution < -0.4 is 0 Å². The van der Waals surface area contributed by atoms with Crippen LogP contribution in [-0.2, 0) is 4.79 Å². The molecular formula is C8H16O3. The van der Waals surface area contributed by atoms with Crippen molar-refractivity contribution in [3.63, 3.8) is 0 Å². The molecular weight excluding hydrogens is 144 g/mol. The Morgan fingerprint density at radius 2 is 1.82 bits per heavy atom. The van der Waals surface area contributed by atoms with Crippen molar-refractivity contribution in [3.8, 4) is 0 Å². The molecule has 0 amide bonds. The van der Waals surface area contributed by atoms with E-state index < -0.39 is 12.2 Å². The first kappa shape index (κ1) is 10.6. The van der Waals surface area contributed by atoms with Crippen LogP contribution in [0.4, 0.5) is 0 Å². The minimum absolute atomic E-state index is 0.291. The lowest BCUT2D eigenvalue weighted by molar-refractivity contribution is -0.131. The third-order valence-corrected chi connectivity index (χ3v) is 1.49. The van der Waals surface area contributed by atoms with Gasteiger partial charge in [-0.2, -0.15) is 0 Å². The van der Waals surface area contributed by atoms with Crippen molar-refractivity contribution < 1.29 is 15.0 Å². The van der Waals surface area contributed by atoms with Crippen LogP contribution in [0.25, 0.3) is 0 Å². The van der Waals surface area contributed by atoms with E-state index in [0.29, 0.717) is 12.3 Å². The van der Waals surface area contributed by atoms with Gasteiger partial charge in [0.15, 0.2) is 5.78 Å². The number of carbonyl (C=O) groups is 1. The van der Waals surface area contributed by atoms with E-state index in [0.717, 1.165) is 0 Å². The number of Topliss-reactive ketones (excluding diaryl/α,β-unsaturated/α-hetero) is 1. The maximum Gasteiger partial charge on any atom is 0.160 e. The van der Waals surface area contributed by atoms with Gasteiger partial charge in [0.25, 0.3) is 0 Å².